The zero-order chi connectivity index (χ0) is 25.5. The van der Waals surface area contributed by atoms with Gasteiger partial charge in [0, 0.05) is 12.0 Å². The average Bonchev–Trinajstić information content (AvgIpc) is 3.52. The SMILES string of the molecule is CC(C)(C)OCNC1CC(C(=O)NNC(=O)[C@@H]2CC3(CC3)C3CC2C(=O)N3OCc2ccccc2)C1. The van der Waals surface area contributed by atoms with Gasteiger partial charge in [0.2, 0.25) is 17.7 Å². The summed E-state index contributed by atoms with van der Waals surface area (Å²) in [6, 6.07) is 10.0. The molecule has 4 aliphatic rings. The fraction of sp³-hybridized carbons (Fsp3) is 0.667. The number of hydrogen-bond acceptors (Lipinski definition) is 6. The van der Waals surface area contributed by atoms with Crippen molar-refractivity contribution in [1.29, 1.82) is 0 Å². The molecule has 1 spiro atoms. The minimum Gasteiger partial charge on any atom is -0.361 e. The van der Waals surface area contributed by atoms with Crippen LogP contribution in [-0.4, -0.2) is 47.2 Å². The largest absolute Gasteiger partial charge is 0.361 e. The number of hydroxylamine groups is 2. The highest BCUT2D eigenvalue weighted by molar-refractivity contribution is 5.91. The van der Waals surface area contributed by atoms with E-state index in [0.717, 1.165) is 18.4 Å². The number of carbonyl (C=O) groups excluding carboxylic acids is 3. The molecule has 36 heavy (non-hydrogen) atoms. The van der Waals surface area contributed by atoms with Crippen LogP contribution < -0.4 is 16.2 Å². The molecule has 1 aromatic rings. The van der Waals surface area contributed by atoms with Gasteiger partial charge in [-0.1, -0.05) is 30.3 Å². The van der Waals surface area contributed by atoms with Gasteiger partial charge in [-0.15, -0.1) is 0 Å². The Morgan fingerprint density at radius 1 is 1.06 bits per heavy atom. The molecular weight excluding hydrogens is 460 g/mol. The normalized spacial score (nSPS) is 30.1. The lowest BCUT2D eigenvalue weighted by Crippen LogP contribution is -2.54. The summed E-state index contributed by atoms with van der Waals surface area (Å²) in [5.41, 5.74) is 5.98. The first-order valence-corrected chi connectivity index (χ1v) is 13.1. The minimum absolute atomic E-state index is 0.0269. The van der Waals surface area contributed by atoms with Crippen molar-refractivity contribution in [3.63, 3.8) is 0 Å². The highest BCUT2D eigenvalue weighted by Crippen LogP contribution is 2.63. The van der Waals surface area contributed by atoms with Gasteiger partial charge in [0.15, 0.2) is 0 Å². The second kappa shape index (κ2) is 9.76. The predicted molar refractivity (Wildman–Crippen MR) is 131 cm³/mol. The van der Waals surface area contributed by atoms with Gasteiger partial charge >= 0.3 is 0 Å². The van der Waals surface area contributed by atoms with E-state index in [1.165, 1.54) is 0 Å². The molecule has 1 aliphatic heterocycles. The fourth-order valence-corrected chi connectivity index (χ4v) is 5.84. The molecule has 4 fully saturated rings. The number of hydrazine groups is 1. The molecule has 3 aliphatic carbocycles. The zero-order valence-electron chi connectivity index (χ0n) is 21.4. The molecule has 3 saturated carbocycles. The van der Waals surface area contributed by atoms with Crippen LogP contribution in [0.1, 0.15) is 64.9 Å². The minimum atomic E-state index is -0.452. The molecule has 9 heteroatoms. The third kappa shape index (κ3) is 5.28. The van der Waals surface area contributed by atoms with Crippen LogP contribution in [0.3, 0.4) is 0 Å². The van der Waals surface area contributed by atoms with E-state index >= 15 is 0 Å². The molecule has 3 atom stereocenters. The summed E-state index contributed by atoms with van der Waals surface area (Å²) < 4.78 is 5.67. The molecule has 9 nitrogen and oxygen atoms in total. The molecular formula is C27H38N4O5. The highest BCUT2D eigenvalue weighted by atomic mass is 16.7. The summed E-state index contributed by atoms with van der Waals surface area (Å²) in [5.74, 6) is -1.57. The Hall–Kier alpha value is -2.49. The molecule has 2 unspecified atom stereocenters. The van der Waals surface area contributed by atoms with E-state index < -0.39 is 11.8 Å². The topological polar surface area (TPSA) is 109 Å². The first-order valence-electron chi connectivity index (χ1n) is 13.1. The van der Waals surface area contributed by atoms with Crippen molar-refractivity contribution in [2.45, 2.75) is 83.6 Å². The standard InChI is InChI=1S/C27H38N4O5/c1-26(2,3)35-16-28-19-11-18(12-19)23(32)29-30-24(33)21-14-27(9-10-27)22-13-20(21)25(34)31(22)36-15-17-7-5-4-6-8-17/h4-8,18-22,28H,9-16H2,1-3H3,(H,29,32)(H,30,33)/t18?,19?,20?,21-,22?/m1/s1. The lowest BCUT2D eigenvalue weighted by Gasteiger charge is -2.36. The van der Waals surface area contributed by atoms with Crippen LogP contribution in [0.4, 0.5) is 0 Å². The van der Waals surface area contributed by atoms with E-state index in [2.05, 4.69) is 16.2 Å². The van der Waals surface area contributed by atoms with E-state index in [9.17, 15) is 14.4 Å². The van der Waals surface area contributed by atoms with Gasteiger partial charge in [-0.25, -0.2) is 5.06 Å². The summed E-state index contributed by atoms with van der Waals surface area (Å²) in [7, 11) is 0. The van der Waals surface area contributed by atoms with E-state index in [-0.39, 0.29) is 46.7 Å². The van der Waals surface area contributed by atoms with E-state index in [1.807, 2.05) is 51.1 Å². The van der Waals surface area contributed by atoms with Crippen LogP contribution in [-0.2, 0) is 30.6 Å². The molecule has 1 saturated heterocycles. The van der Waals surface area contributed by atoms with Gasteiger partial charge in [-0.3, -0.25) is 35.4 Å². The van der Waals surface area contributed by atoms with Crippen LogP contribution in [0.25, 0.3) is 0 Å². The van der Waals surface area contributed by atoms with Gasteiger partial charge in [0.1, 0.15) is 6.61 Å². The Morgan fingerprint density at radius 2 is 1.75 bits per heavy atom. The number of rotatable bonds is 8. The second-order valence-electron chi connectivity index (χ2n) is 11.9. The van der Waals surface area contributed by atoms with E-state index in [0.29, 0.717) is 39.0 Å². The summed E-state index contributed by atoms with van der Waals surface area (Å²) in [5, 5.41) is 4.85. The van der Waals surface area contributed by atoms with Crippen LogP contribution in [0.2, 0.25) is 0 Å². The lowest BCUT2D eigenvalue weighted by atomic mass is 9.72. The van der Waals surface area contributed by atoms with Gasteiger partial charge in [-0.05, 0) is 70.3 Å². The smallest absolute Gasteiger partial charge is 0.250 e. The monoisotopic (exact) mass is 498 g/mol. The zero-order valence-corrected chi connectivity index (χ0v) is 21.4. The van der Waals surface area contributed by atoms with Crippen molar-refractivity contribution in [2.24, 2.45) is 23.2 Å². The average molecular weight is 499 g/mol. The van der Waals surface area contributed by atoms with Crippen LogP contribution in [0, 0.1) is 23.2 Å². The third-order valence-corrected chi connectivity index (χ3v) is 8.25. The van der Waals surface area contributed by atoms with Crippen molar-refractivity contribution in [3.05, 3.63) is 35.9 Å². The molecule has 196 valence electrons. The third-order valence-electron chi connectivity index (χ3n) is 8.25. The molecule has 3 N–H and O–H groups in total. The maximum Gasteiger partial charge on any atom is 0.250 e. The van der Waals surface area contributed by atoms with Gasteiger partial charge in [0.05, 0.1) is 30.2 Å². The number of carbonyl (C=O) groups is 3. The molecule has 5 rings (SSSR count). The summed E-state index contributed by atoms with van der Waals surface area (Å²) >= 11 is 0. The molecule has 1 aromatic carbocycles. The maximum atomic E-state index is 13.2. The van der Waals surface area contributed by atoms with Gasteiger partial charge in [0.25, 0.3) is 0 Å². The molecule has 3 amide bonds. The molecule has 0 radical (unpaired) electrons. The van der Waals surface area contributed by atoms with Crippen molar-refractivity contribution < 1.29 is 24.0 Å². The molecule has 0 aromatic heterocycles. The number of nitrogens with one attached hydrogen (secondary N) is 3. The van der Waals surface area contributed by atoms with E-state index in [4.69, 9.17) is 9.57 Å². The Labute approximate surface area is 212 Å². The van der Waals surface area contributed by atoms with Crippen molar-refractivity contribution in [2.75, 3.05) is 6.73 Å². The number of nitrogens with zero attached hydrogens (tertiary/aromatic N) is 1. The first-order chi connectivity index (χ1) is 17.2. The van der Waals surface area contributed by atoms with Crippen molar-refractivity contribution in [3.8, 4) is 0 Å². The predicted octanol–water partition coefficient (Wildman–Crippen LogP) is 2.42. The highest BCUT2D eigenvalue weighted by Gasteiger charge is 2.65. The summed E-state index contributed by atoms with van der Waals surface area (Å²) in [6.45, 7) is 6.78. The first kappa shape index (κ1) is 25.2. The van der Waals surface area contributed by atoms with Crippen LogP contribution >= 0.6 is 0 Å². The number of hydrogen-bond donors (Lipinski definition) is 3. The van der Waals surface area contributed by atoms with Crippen LogP contribution in [0.5, 0.6) is 0 Å². The summed E-state index contributed by atoms with van der Waals surface area (Å²) in [4.78, 5) is 44.9. The maximum absolute atomic E-state index is 13.2. The van der Waals surface area contributed by atoms with E-state index in [1.54, 1.807) is 5.06 Å². The second-order valence-corrected chi connectivity index (χ2v) is 11.9. The number of fused-ring (bicyclic) bond motifs is 3. The molecule has 2 bridgehead atoms. The molecule has 1 heterocycles. The number of benzene rings is 1. The van der Waals surface area contributed by atoms with Gasteiger partial charge < -0.3 is 4.74 Å². The van der Waals surface area contributed by atoms with Crippen LogP contribution in [0.15, 0.2) is 30.3 Å². The Bertz CT molecular complexity index is 984. The van der Waals surface area contributed by atoms with Gasteiger partial charge in [-0.2, -0.15) is 0 Å². The van der Waals surface area contributed by atoms with Crippen molar-refractivity contribution >= 4 is 17.7 Å². The summed E-state index contributed by atoms with van der Waals surface area (Å²) in [6.07, 6.45) is 4.69. The number of ether oxygens (including phenoxy) is 1. The number of amides is 3. The quantitative estimate of drug-likeness (QED) is 0.375. The Kier molecular flexibility index (Phi) is 6.82. The van der Waals surface area contributed by atoms with Crippen molar-refractivity contribution in [1.82, 2.24) is 21.2 Å². The lowest BCUT2D eigenvalue weighted by molar-refractivity contribution is -0.201. The Balaban J connectivity index is 1.10. The fourth-order valence-electron chi connectivity index (χ4n) is 5.84. The Morgan fingerprint density at radius 3 is 2.42 bits per heavy atom.